The van der Waals surface area contributed by atoms with E-state index in [1.807, 2.05) is 13.8 Å². The van der Waals surface area contributed by atoms with E-state index in [0.29, 0.717) is 34.1 Å². The highest BCUT2D eigenvalue weighted by molar-refractivity contribution is 6.42. The third kappa shape index (κ3) is 6.67. The number of hydrogen-bond acceptors (Lipinski definition) is 4. The van der Waals surface area contributed by atoms with Gasteiger partial charge in [0.05, 0.1) is 21.4 Å². The fourth-order valence-electron chi connectivity index (χ4n) is 3.22. The van der Waals surface area contributed by atoms with Crippen LogP contribution in [0.4, 0.5) is 5.69 Å². The fourth-order valence-corrected chi connectivity index (χ4v) is 3.54. The molecule has 0 aliphatic carbocycles. The van der Waals surface area contributed by atoms with Crippen molar-refractivity contribution in [1.82, 2.24) is 10.2 Å². The summed E-state index contributed by atoms with van der Waals surface area (Å²) in [7, 11) is 0. The van der Waals surface area contributed by atoms with Crippen LogP contribution in [0.2, 0.25) is 10.0 Å². The Bertz CT molecular complexity index is 952. The molecule has 9 heteroatoms. The number of carbonyl (C=O) groups is 2. The van der Waals surface area contributed by atoms with E-state index < -0.39 is 11.0 Å². The van der Waals surface area contributed by atoms with Gasteiger partial charge in [-0.25, -0.2) is 0 Å². The highest BCUT2D eigenvalue weighted by Crippen LogP contribution is 2.25. The second-order valence-electron chi connectivity index (χ2n) is 7.05. The number of nitrogens with zero attached hydrogens (tertiary/aromatic N) is 2. The minimum atomic E-state index is -0.726. The van der Waals surface area contributed by atoms with Crippen LogP contribution in [0.3, 0.4) is 0 Å². The molecular formula is C22H25Cl2N3O4. The molecule has 1 N–H and O–H groups in total. The minimum Gasteiger partial charge on any atom is -0.354 e. The lowest BCUT2D eigenvalue weighted by Crippen LogP contribution is -2.49. The molecular weight excluding hydrogens is 441 g/mol. The van der Waals surface area contributed by atoms with E-state index in [-0.39, 0.29) is 30.5 Å². The van der Waals surface area contributed by atoms with Gasteiger partial charge in [0.25, 0.3) is 5.69 Å². The van der Waals surface area contributed by atoms with Crippen LogP contribution in [0.1, 0.15) is 37.8 Å². The molecule has 1 atom stereocenters. The van der Waals surface area contributed by atoms with Gasteiger partial charge in [-0.05, 0) is 30.5 Å². The van der Waals surface area contributed by atoms with Crippen LogP contribution in [0.5, 0.6) is 0 Å². The van der Waals surface area contributed by atoms with Gasteiger partial charge in [-0.15, -0.1) is 0 Å². The van der Waals surface area contributed by atoms with Crippen LogP contribution in [0.15, 0.2) is 42.5 Å². The lowest BCUT2D eigenvalue weighted by molar-refractivity contribution is -0.385. The predicted octanol–water partition coefficient (Wildman–Crippen LogP) is 4.78. The van der Waals surface area contributed by atoms with Crippen molar-refractivity contribution in [3.05, 3.63) is 73.8 Å². The van der Waals surface area contributed by atoms with E-state index in [4.69, 9.17) is 23.2 Å². The Morgan fingerprint density at radius 1 is 1.13 bits per heavy atom. The van der Waals surface area contributed by atoms with Gasteiger partial charge >= 0.3 is 0 Å². The van der Waals surface area contributed by atoms with Crippen LogP contribution in [0.25, 0.3) is 0 Å². The summed E-state index contributed by atoms with van der Waals surface area (Å²) in [6, 6.07) is 10.4. The normalized spacial score (nSPS) is 11.6. The summed E-state index contributed by atoms with van der Waals surface area (Å²) in [5, 5.41) is 14.9. The Kier molecular flexibility index (Phi) is 9.27. The summed E-state index contributed by atoms with van der Waals surface area (Å²) in [6.45, 7) is 4.37. The minimum absolute atomic E-state index is 0.119. The summed E-state index contributed by atoms with van der Waals surface area (Å²) >= 11 is 12.1. The molecule has 0 saturated heterocycles. The average Bonchev–Trinajstić information content (AvgIpc) is 2.74. The zero-order chi connectivity index (χ0) is 23.0. The number of halogens is 2. The zero-order valence-electron chi connectivity index (χ0n) is 17.4. The highest BCUT2D eigenvalue weighted by atomic mass is 35.5. The second kappa shape index (κ2) is 11.7. The van der Waals surface area contributed by atoms with Crippen molar-refractivity contribution in [2.24, 2.45) is 0 Å². The van der Waals surface area contributed by atoms with E-state index in [1.54, 1.807) is 36.4 Å². The van der Waals surface area contributed by atoms with Crippen molar-refractivity contribution in [2.45, 2.75) is 45.7 Å². The number of nitro benzene ring substituents is 1. The van der Waals surface area contributed by atoms with Crippen molar-refractivity contribution in [1.29, 1.82) is 0 Å². The second-order valence-corrected chi connectivity index (χ2v) is 7.86. The largest absolute Gasteiger partial charge is 0.354 e. The molecule has 0 saturated carbocycles. The molecule has 0 spiro atoms. The summed E-state index contributed by atoms with van der Waals surface area (Å²) in [6.07, 6.45) is 0.953. The van der Waals surface area contributed by atoms with Crippen LogP contribution in [-0.2, 0) is 22.6 Å². The molecule has 0 aromatic heterocycles. The van der Waals surface area contributed by atoms with E-state index >= 15 is 0 Å². The molecule has 1 unspecified atom stereocenters. The number of nitrogens with one attached hydrogen (secondary N) is 1. The molecule has 2 aromatic carbocycles. The Morgan fingerprint density at radius 2 is 1.84 bits per heavy atom. The van der Waals surface area contributed by atoms with Gasteiger partial charge in [0.15, 0.2) is 0 Å². The van der Waals surface area contributed by atoms with E-state index in [1.165, 1.54) is 11.0 Å². The van der Waals surface area contributed by atoms with Crippen LogP contribution in [0, 0.1) is 10.1 Å². The Labute approximate surface area is 191 Å². The first-order valence-corrected chi connectivity index (χ1v) is 10.8. The molecule has 7 nitrogen and oxygen atoms in total. The monoisotopic (exact) mass is 465 g/mol. The molecule has 0 heterocycles. The van der Waals surface area contributed by atoms with Gasteiger partial charge in [-0.1, -0.05) is 61.3 Å². The van der Waals surface area contributed by atoms with Gasteiger partial charge in [0.2, 0.25) is 11.8 Å². The molecule has 2 rings (SSSR count). The average molecular weight is 466 g/mol. The van der Waals surface area contributed by atoms with E-state index in [0.717, 1.165) is 6.42 Å². The number of carbonyl (C=O) groups excluding carboxylic acids is 2. The third-order valence-corrected chi connectivity index (χ3v) is 5.54. The SMILES string of the molecule is CCCNC(=O)C(CC)N(Cc1ccc(Cl)c(Cl)c1)C(=O)Cc1ccccc1[N+](=O)[O-]. The number of hydrogen-bond donors (Lipinski definition) is 1. The quantitative estimate of drug-likeness (QED) is 0.403. The number of rotatable bonds is 10. The standard InChI is InChI=1S/C22H25Cl2N3O4/c1-3-11-25-22(29)19(4-2)26(14-15-9-10-17(23)18(24)12-15)21(28)13-16-7-5-6-8-20(16)27(30)31/h5-10,12,19H,3-4,11,13-14H2,1-2H3,(H,25,29). The molecule has 0 aliphatic rings. The lowest BCUT2D eigenvalue weighted by atomic mass is 10.1. The van der Waals surface area contributed by atoms with Crippen LogP contribution in [-0.4, -0.2) is 34.2 Å². The van der Waals surface area contributed by atoms with Gasteiger partial charge in [0, 0.05) is 24.7 Å². The Morgan fingerprint density at radius 3 is 2.45 bits per heavy atom. The first kappa shape index (κ1) is 24.6. The number of amides is 2. The van der Waals surface area contributed by atoms with E-state index in [2.05, 4.69) is 5.32 Å². The maximum atomic E-state index is 13.3. The number of para-hydroxylation sites is 1. The van der Waals surface area contributed by atoms with Crippen molar-refractivity contribution >= 4 is 40.7 Å². The van der Waals surface area contributed by atoms with Crippen LogP contribution >= 0.6 is 23.2 Å². The van der Waals surface area contributed by atoms with E-state index in [9.17, 15) is 19.7 Å². The predicted molar refractivity (Wildman–Crippen MR) is 121 cm³/mol. The third-order valence-electron chi connectivity index (χ3n) is 4.80. The molecule has 2 amide bonds. The lowest BCUT2D eigenvalue weighted by Gasteiger charge is -2.31. The summed E-state index contributed by atoms with van der Waals surface area (Å²) in [5.74, 6) is -0.654. The number of nitro groups is 1. The Balaban J connectivity index is 2.37. The summed E-state index contributed by atoms with van der Waals surface area (Å²) in [4.78, 5) is 38.3. The van der Waals surface area contributed by atoms with Crippen molar-refractivity contribution in [2.75, 3.05) is 6.54 Å². The fraction of sp³-hybridized carbons (Fsp3) is 0.364. The summed E-state index contributed by atoms with van der Waals surface area (Å²) in [5.41, 5.74) is 0.862. The first-order valence-electron chi connectivity index (χ1n) is 10.0. The molecule has 0 bridgehead atoms. The Hall–Kier alpha value is -2.64. The zero-order valence-corrected chi connectivity index (χ0v) is 18.9. The van der Waals surface area contributed by atoms with Crippen molar-refractivity contribution < 1.29 is 14.5 Å². The molecule has 31 heavy (non-hydrogen) atoms. The van der Waals surface area contributed by atoms with Gasteiger partial charge in [0.1, 0.15) is 6.04 Å². The molecule has 2 aromatic rings. The topological polar surface area (TPSA) is 92.6 Å². The molecule has 166 valence electrons. The highest BCUT2D eigenvalue weighted by Gasteiger charge is 2.29. The van der Waals surface area contributed by atoms with Crippen molar-refractivity contribution in [3.63, 3.8) is 0 Å². The summed E-state index contributed by atoms with van der Waals surface area (Å²) < 4.78 is 0. The van der Waals surface area contributed by atoms with Crippen molar-refractivity contribution in [3.8, 4) is 0 Å². The molecule has 0 fully saturated rings. The van der Waals surface area contributed by atoms with Gasteiger partial charge in [-0.2, -0.15) is 0 Å². The molecule has 0 aliphatic heterocycles. The number of benzene rings is 2. The smallest absolute Gasteiger partial charge is 0.273 e. The maximum Gasteiger partial charge on any atom is 0.273 e. The maximum absolute atomic E-state index is 13.3. The first-order chi connectivity index (χ1) is 14.8. The van der Waals surface area contributed by atoms with Gasteiger partial charge < -0.3 is 10.2 Å². The van der Waals surface area contributed by atoms with Crippen LogP contribution < -0.4 is 5.32 Å². The molecule has 0 radical (unpaired) electrons. The van der Waals surface area contributed by atoms with Gasteiger partial charge in [-0.3, -0.25) is 19.7 Å².